The molecule has 0 unspecified atom stereocenters. The number of aromatic nitrogens is 1. The molecule has 1 fully saturated rings. The van der Waals surface area contributed by atoms with Crippen LogP contribution in [0.15, 0.2) is 23.5 Å². The van der Waals surface area contributed by atoms with Gasteiger partial charge in [-0.1, -0.05) is 5.16 Å². The Kier molecular flexibility index (Phi) is 3.84. The van der Waals surface area contributed by atoms with Gasteiger partial charge in [0.15, 0.2) is 5.84 Å². The Morgan fingerprint density at radius 2 is 2.11 bits per heavy atom. The maximum atomic E-state index is 10.9. The van der Waals surface area contributed by atoms with E-state index >= 15 is 0 Å². The Balaban J connectivity index is 2.02. The number of rotatable bonds is 3. The highest BCUT2D eigenvalue weighted by Gasteiger charge is 2.24. The van der Waals surface area contributed by atoms with Crippen LogP contribution in [0.5, 0.6) is 0 Å². The maximum Gasteiger partial charge on any atom is 0.306 e. The minimum Gasteiger partial charge on any atom is -0.481 e. The van der Waals surface area contributed by atoms with E-state index < -0.39 is 5.97 Å². The summed E-state index contributed by atoms with van der Waals surface area (Å²) in [4.78, 5) is 17.2. The Morgan fingerprint density at radius 1 is 1.42 bits per heavy atom. The Labute approximate surface area is 110 Å². The molecule has 4 N–H and O–H groups in total. The van der Waals surface area contributed by atoms with Gasteiger partial charge in [0.2, 0.25) is 0 Å². The summed E-state index contributed by atoms with van der Waals surface area (Å²) in [6, 6.07) is 3.51. The summed E-state index contributed by atoms with van der Waals surface area (Å²) in [5.41, 5.74) is 6.00. The van der Waals surface area contributed by atoms with Gasteiger partial charge in [-0.15, -0.1) is 0 Å². The number of carboxylic acid groups (broad SMARTS) is 1. The van der Waals surface area contributed by atoms with Gasteiger partial charge in [0.25, 0.3) is 0 Å². The molecule has 1 saturated heterocycles. The molecule has 102 valence electrons. The molecular weight excluding hydrogens is 248 g/mol. The molecule has 2 heterocycles. The summed E-state index contributed by atoms with van der Waals surface area (Å²) < 4.78 is 0. The molecular formula is C12H16N4O3. The first kappa shape index (κ1) is 13.1. The van der Waals surface area contributed by atoms with E-state index in [4.69, 9.17) is 16.0 Å². The number of carboxylic acids is 1. The molecule has 0 radical (unpaired) electrons. The van der Waals surface area contributed by atoms with Gasteiger partial charge in [0.05, 0.1) is 5.92 Å². The first-order valence-corrected chi connectivity index (χ1v) is 6.03. The largest absolute Gasteiger partial charge is 0.481 e. The number of nitrogens with zero attached hydrogens (tertiary/aromatic N) is 3. The number of nitrogens with two attached hydrogens (primary N) is 1. The second-order valence-corrected chi connectivity index (χ2v) is 4.49. The molecule has 0 saturated carbocycles. The SMILES string of the molecule is NC(=NO)c1ccc(N2CCC(C(=O)O)CC2)nc1. The summed E-state index contributed by atoms with van der Waals surface area (Å²) in [6.07, 6.45) is 2.78. The number of anilines is 1. The van der Waals surface area contributed by atoms with Gasteiger partial charge in [0, 0.05) is 24.8 Å². The second kappa shape index (κ2) is 5.55. The van der Waals surface area contributed by atoms with Gasteiger partial charge in [-0.3, -0.25) is 4.79 Å². The lowest BCUT2D eigenvalue weighted by molar-refractivity contribution is -0.142. The van der Waals surface area contributed by atoms with Crippen molar-refractivity contribution in [3.05, 3.63) is 23.9 Å². The van der Waals surface area contributed by atoms with Crippen molar-refractivity contribution in [3.63, 3.8) is 0 Å². The molecule has 7 nitrogen and oxygen atoms in total. The van der Waals surface area contributed by atoms with Crippen LogP contribution in [0, 0.1) is 5.92 Å². The molecule has 2 rings (SSSR count). The lowest BCUT2D eigenvalue weighted by atomic mass is 9.97. The van der Waals surface area contributed by atoms with Crippen molar-refractivity contribution in [2.45, 2.75) is 12.8 Å². The van der Waals surface area contributed by atoms with Gasteiger partial charge in [-0.2, -0.15) is 0 Å². The third kappa shape index (κ3) is 2.93. The first-order chi connectivity index (χ1) is 9.11. The standard InChI is InChI=1S/C12H16N4O3/c13-11(15-19)9-1-2-10(14-7-9)16-5-3-8(4-6-16)12(17)18/h1-2,7-8,19H,3-6H2,(H2,13,15)(H,17,18). The minimum absolute atomic E-state index is 0.0173. The fourth-order valence-corrected chi connectivity index (χ4v) is 2.14. The van der Waals surface area contributed by atoms with E-state index in [0.717, 1.165) is 5.82 Å². The average molecular weight is 264 g/mol. The van der Waals surface area contributed by atoms with Gasteiger partial charge < -0.3 is 20.9 Å². The molecule has 1 aromatic rings. The van der Waals surface area contributed by atoms with Crippen LogP contribution in [0.4, 0.5) is 5.82 Å². The smallest absolute Gasteiger partial charge is 0.306 e. The number of amidine groups is 1. The van der Waals surface area contributed by atoms with Crippen LogP contribution in [-0.4, -0.2) is 40.2 Å². The lowest BCUT2D eigenvalue weighted by Gasteiger charge is -2.31. The van der Waals surface area contributed by atoms with E-state index in [1.807, 2.05) is 4.90 Å². The van der Waals surface area contributed by atoms with E-state index in [1.54, 1.807) is 12.1 Å². The molecule has 0 bridgehead atoms. The predicted octanol–water partition coefficient (Wildman–Crippen LogP) is 0.477. The summed E-state index contributed by atoms with van der Waals surface area (Å²) >= 11 is 0. The maximum absolute atomic E-state index is 10.9. The molecule has 0 aliphatic carbocycles. The molecule has 1 aliphatic heterocycles. The fourth-order valence-electron chi connectivity index (χ4n) is 2.14. The van der Waals surface area contributed by atoms with Gasteiger partial charge in [0.1, 0.15) is 5.82 Å². The highest BCUT2D eigenvalue weighted by atomic mass is 16.4. The molecule has 1 aromatic heterocycles. The summed E-state index contributed by atoms with van der Waals surface area (Å²) in [5.74, 6) is -0.190. The summed E-state index contributed by atoms with van der Waals surface area (Å²) in [7, 11) is 0. The van der Waals surface area contributed by atoms with Crippen LogP contribution in [0.3, 0.4) is 0 Å². The zero-order valence-electron chi connectivity index (χ0n) is 10.4. The number of hydrogen-bond acceptors (Lipinski definition) is 5. The average Bonchev–Trinajstić information content (AvgIpc) is 2.46. The van der Waals surface area contributed by atoms with Crippen molar-refractivity contribution in [3.8, 4) is 0 Å². The number of pyridine rings is 1. The zero-order valence-corrected chi connectivity index (χ0v) is 10.4. The minimum atomic E-state index is -0.727. The number of piperidine rings is 1. The first-order valence-electron chi connectivity index (χ1n) is 6.03. The van der Waals surface area contributed by atoms with E-state index in [9.17, 15) is 4.79 Å². The molecule has 19 heavy (non-hydrogen) atoms. The molecule has 0 aromatic carbocycles. The molecule has 0 atom stereocenters. The van der Waals surface area contributed by atoms with Crippen LogP contribution >= 0.6 is 0 Å². The van der Waals surface area contributed by atoms with E-state index in [2.05, 4.69) is 10.1 Å². The monoisotopic (exact) mass is 264 g/mol. The molecule has 1 aliphatic rings. The quantitative estimate of drug-likeness (QED) is 0.317. The van der Waals surface area contributed by atoms with Crippen LogP contribution in [0.2, 0.25) is 0 Å². The van der Waals surface area contributed by atoms with Crippen LogP contribution in [-0.2, 0) is 4.79 Å². The van der Waals surface area contributed by atoms with Crippen molar-refractivity contribution >= 4 is 17.6 Å². The Bertz CT molecular complexity index is 478. The molecule has 0 amide bonds. The highest BCUT2D eigenvalue weighted by molar-refractivity contribution is 5.96. The lowest BCUT2D eigenvalue weighted by Crippen LogP contribution is -2.36. The van der Waals surface area contributed by atoms with Gasteiger partial charge in [-0.25, -0.2) is 4.98 Å². The molecule has 0 spiro atoms. The van der Waals surface area contributed by atoms with Crippen molar-refractivity contribution in [2.24, 2.45) is 16.8 Å². The third-order valence-electron chi connectivity index (χ3n) is 3.32. The van der Waals surface area contributed by atoms with Crippen molar-refractivity contribution in [1.29, 1.82) is 0 Å². The van der Waals surface area contributed by atoms with Gasteiger partial charge >= 0.3 is 5.97 Å². The number of carbonyl (C=O) groups is 1. The number of hydrogen-bond donors (Lipinski definition) is 3. The van der Waals surface area contributed by atoms with Crippen LogP contribution in [0.1, 0.15) is 18.4 Å². The Hall–Kier alpha value is -2.31. The van der Waals surface area contributed by atoms with E-state index in [-0.39, 0.29) is 11.8 Å². The fraction of sp³-hybridized carbons (Fsp3) is 0.417. The highest BCUT2D eigenvalue weighted by Crippen LogP contribution is 2.21. The Morgan fingerprint density at radius 3 is 2.58 bits per heavy atom. The predicted molar refractivity (Wildman–Crippen MR) is 69.3 cm³/mol. The van der Waals surface area contributed by atoms with E-state index in [0.29, 0.717) is 31.5 Å². The third-order valence-corrected chi connectivity index (χ3v) is 3.32. The summed E-state index contributed by atoms with van der Waals surface area (Å²) in [6.45, 7) is 1.35. The number of aliphatic carboxylic acids is 1. The van der Waals surface area contributed by atoms with Crippen molar-refractivity contribution in [1.82, 2.24) is 4.98 Å². The van der Waals surface area contributed by atoms with Crippen molar-refractivity contribution in [2.75, 3.05) is 18.0 Å². The number of oxime groups is 1. The van der Waals surface area contributed by atoms with Crippen LogP contribution in [0.25, 0.3) is 0 Å². The topological polar surface area (TPSA) is 112 Å². The normalized spacial score (nSPS) is 17.5. The van der Waals surface area contributed by atoms with E-state index in [1.165, 1.54) is 6.20 Å². The van der Waals surface area contributed by atoms with Crippen LogP contribution < -0.4 is 10.6 Å². The van der Waals surface area contributed by atoms with Gasteiger partial charge in [-0.05, 0) is 25.0 Å². The second-order valence-electron chi connectivity index (χ2n) is 4.49. The molecule has 7 heteroatoms. The summed E-state index contributed by atoms with van der Waals surface area (Å²) in [5, 5.41) is 20.4. The zero-order chi connectivity index (χ0) is 13.8. The van der Waals surface area contributed by atoms with Crippen molar-refractivity contribution < 1.29 is 15.1 Å².